The van der Waals surface area contributed by atoms with Gasteiger partial charge in [0, 0.05) is 10.9 Å². The monoisotopic (exact) mass is 427 g/mol. The van der Waals surface area contributed by atoms with E-state index in [4.69, 9.17) is 4.74 Å². The predicted molar refractivity (Wildman–Crippen MR) is 115 cm³/mol. The number of thiophene rings is 1. The van der Waals surface area contributed by atoms with Crippen molar-refractivity contribution in [1.29, 1.82) is 0 Å². The van der Waals surface area contributed by atoms with Gasteiger partial charge in [-0.2, -0.15) is 0 Å². The Balaban J connectivity index is 1.67. The van der Waals surface area contributed by atoms with Crippen LogP contribution in [0.3, 0.4) is 0 Å². The highest BCUT2D eigenvalue weighted by Crippen LogP contribution is 2.53. The molecule has 30 heavy (non-hydrogen) atoms. The fourth-order valence-electron chi connectivity index (χ4n) is 5.10. The number of anilines is 1. The van der Waals surface area contributed by atoms with E-state index in [1.807, 2.05) is 37.4 Å². The Morgan fingerprint density at radius 3 is 2.43 bits per heavy atom. The third-order valence-corrected chi connectivity index (χ3v) is 7.63. The fraction of sp³-hybridized carbons (Fsp3) is 0.435. The predicted octanol–water partition coefficient (Wildman–Crippen LogP) is 4.50. The SMILES string of the molecule is COC(=O)c1c(-c2ccc(C)c(C)c2)csc1NC(=O)[C@H]1[C@@H]2CC[C@H](C2)[C@@H]1C(=O)O. The van der Waals surface area contributed by atoms with Gasteiger partial charge in [-0.15, -0.1) is 11.3 Å². The van der Waals surface area contributed by atoms with Crippen molar-refractivity contribution in [2.75, 3.05) is 12.4 Å². The summed E-state index contributed by atoms with van der Waals surface area (Å²) in [4.78, 5) is 37.5. The van der Waals surface area contributed by atoms with Gasteiger partial charge in [-0.3, -0.25) is 9.59 Å². The van der Waals surface area contributed by atoms with Crippen LogP contribution in [0.25, 0.3) is 11.1 Å². The lowest BCUT2D eigenvalue weighted by atomic mass is 9.78. The normalized spacial score (nSPS) is 24.6. The number of aliphatic carboxylic acids is 1. The van der Waals surface area contributed by atoms with Gasteiger partial charge in [-0.05, 0) is 61.6 Å². The molecule has 2 fully saturated rings. The first kappa shape index (κ1) is 20.6. The molecule has 2 saturated carbocycles. The number of rotatable bonds is 5. The molecule has 4 atom stereocenters. The molecule has 2 aliphatic carbocycles. The quantitative estimate of drug-likeness (QED) is 0.685. The standard InChI is InChI=1S/C23H25NO5S/c1-11-4-5-13(8-12(11)2)16-10-30-21(19(16)23(28)29-3)24-20(25)17-14-6-7-15(9-14)18(17)22(26)27/h4-5,8,10,14-15,17-18H,6-7,9H2,1-3H3,(H,24,25)(H,26,27)/t14-,15-,17+,18+/m1/s1. The molecule has 0 radical (unpaired) electrons. The van der Waals surface area contributed by atoms with Crippen molar-refractivity contribution in [3.05, 3.63) is 40.3 Å². The van der Waals surface area contributed by atoms with Crippen LogP contribution in [-0.4, -0.2) is 30.1 Å². The number of nitrogens with one attached hydrogen (secondary N) is 1. The van der Waals surface area contributed by atoms with Gasteiger partial charge in [0.05, 0.1) is 18.9 Å². The number of carbonyl (C=O) groups is 3. The highest BCUT2D eigenvalue weighted by Gasteiger charge is 2.54. The maximum atomic E-state index is 13.1. The molecule has 0 unspecified atom stereocenters. The van der Waals surface area contributed by atoms with Gasteiger partial charge in [0.25, 0.3) is 0 Å². The molecule has 1 aromatic carbocycles. The molecule has 0 saturated heterocycles. The number of hydrogen-bond acceptors (Lipinski definition) is 5. The zero-order valence-corrected chi connectivity index (χ0v) is 18.0. The lowest BCUT2D eigenvalue weighted by Gasteiger charge is -2.26. The molecular weight excluding hydrogens is 402 g/mol. The summed E-state index contributed by atoms with van der Waals surface area (Å²) in [7, 11) is 1.31. The Morgan fingerprint density at radius 1 is 1.10 bits per heavy atom. The number of hydrogen-bond donors (Lipinski definition) is 2. The molecule has 0 aliphatic heterocycles. The minimum Gasteiger partial charge on any atom is -0.481 e. The van der Waals surface area contributed by atoms with Gasteiger partial charge >= 0.3 is 11.9 Å². The molecule has 1 amide bonds. The van der Waals surface area contributed by atoms with E-state index < -0.39 is 23.8 Å². The van der Waals surface area contributed by atoms with E-state index in [2.05, 4.69) is 5.32 Å². The van der Waals surface area contributed by atoms with Crippen molar-refractivity contribution in [2.45, 2.75) is 33.1 Å². The fourth-order valence-corrected chi connectivity index (χ4v) is 6.06. The first-order valence-electron chi connectivity index (χ1n) is 10.1. The number of carboxylic acid groups (broad SMARTS) is 1. The zero-order valence-electron chi connectivity index (χ0n) is 17.2. The summed E-state index contributed by atoms with van der Waals surface area (Å²) in [6.07, 6.45) is 2.54. The number of aryl methyl sites for hydroxylation is 2. The first-order chi connectivity index (χ1) is 14.3. The van der Waals surface area contributed by atoms with Crippen LogP contribution in [0.15, 0.2) is 23.6 Å². The van der Waals surface area contributed by atoms with Crippen LogP contribution in [0.4, 0.5) is 5.00 Å². The Kier molecular flexibility index (Phi) is 5.40. The van der Waals surface area contributed by atoms with Gasteiger partial charge in [0.15, 0.2) is 0 Å². The Morgan fingerprint density at radius 2 is 1.80 bits per heavy atom. The van der Waals surface area contributed by atoms with Crippen LogP contribution in [0.5, 0.6) is 0 Å². The average molecular weight is 428 g/mol. The molecular formula is C23H25NO5S. The van der Waals surface area contributed by atoms with Gasteiger partial charge in [0.2, 0.25) is 5.91 Å². The summed E-state index contributed by atoms with van der Waals surface area (Å²) >= 11 is 1.26. The van der Waals surface area contributed by atoms with Crippen molar-refractivity contribution >= 4 is 34.2 Å². The van der Waals surface area contributed by atoms with Crippen LogP contribution < -0.4 is 5.32 Å². The second-order valence-corrected chi connectivity index (χ2v) is 9.24. The molecule has 2 bridgehead atoms. The summed E-state index contributed by atoms with van der Waals surface area (Å²) in [6.45, 7) is 4.03. The molecule has 6 nitrogen and oxygen atoms in total. The Labute approximate surface area is 179 Å². The molecule has 2 N–H and O–H groups in total. The highest BCUT2D eigenvalue weighted by atomic mass is 32.1. The average Bonchev–Trinajstić information content (AvgIpc) is 3.43. The Hall–Kier alpha value is -2.67. The summed E-state index contributed by atoms with van der Waals surface area (Å²) in [5, 5.41) is 14.8. The van der Waals surface area contributed by atoms with Crippen molar-refractivity contribution in [3.8, 4) is 11.1 Å². The van der Waals surface area contributed by atoms with Crippen molar-refractivity contribution in [2.24, 2.45) is 23.7 Å². The number of fused-ring (bicyclic) bond motifs is 2. The zero-order chi connectivity index (χ0) is 21.6. The van der Waals surface area contributed by atoms with Crippen LogP contribution in [0.2, 0.25) is 0 Å². The second-order valence-electron chi connectivity index (χ2n) is 8.36. The van der Waals surface area contributed by atoms with E-state index in [0.717, 1.165) is 36.0 Å². The largest absolute Gasteiger partial charge is 0.481 e. The number of amides is 1. The van der Waals surface area contributed by atoms with Gasteiger partial charge in [-0.25, -0.2) is 4.79 Å². The summed E-state index contributed by atoms with van der Waals surface area (Å²) in [6, 6.07) is 5.94. The molecule has 1 heterocycles. The van der Waals surface area contributed by atoms with E-state index in [0.29, 0.717) is 16.1 Å². The summed E-state index contributed by atoms with van der Waals surface area (Å²) < 4.78 is 4.99. The van der Waals surface area contributed by atoms with Gasteiger partial charge in [0.1, 0.15) is 10.6 Å². The number of methoxy groups -OCH3 is 1. The van der Waals surface area contributed by atoms with Crippen LogP contribution in [-0.2, 0) is 14.3 Å². The molecule has 158 valence electrons. The van der Waals surface area contributed by atoms with Crippen molar-refractivity contribution in [1.82, 2.24) is 0 Å². The van der Waals surface area contributed by atoms with Crippen molar-refractivity contribution in [3.63, 3.8) is 0 Å². The van der Waals surface area contributed by atoms with Crippen LogP contribution >= 0.6 is 11.3 Å². The number of carboxylic acids is 1. The third-order valence-electron chi connectivity index (χ3n) is 6.74. The number of benzene rings is 1. The lowest BCUT2D eigenvalue weighted by Crippen LogP contribution is -2.37. The maximum absolute atomic E-state index is 13.1. The topological polar surface area (TPSA) is 92.7 Å². The molecule has 4 rings (SSSR count). The van der Waals surface area contributed by atoms with Crippen LogP contribution in [0, 0.1) is 37.5 Å². The third kappa shape index (κ3) is 3.41. The van der Waals surface area contributed by atoms with Crippen molar-refractivity contribution < 1.29 is 24.2 Å². The second kappa shape index (κ2) is 7.87. The molecule has 2 aliphatic rings. The van der Waals surface area contributed by atoms with Gasteiger partial charge < -0.3 is 15.2 Å². The number of carbonyl (C=O) groups excluding carboxylic acids is 2. The minimum absolute atomic E-state index is 0.0674. The molecule has 1 aromatic heterocycles. The summed E-state index contributed by atoms with van der Waals surface area (Å²) in [5.41, 5.74) is 4.14. The van der Waals surface area contributed by atoms with E-state index in [-0.39, 0.29) is 17.7 Å². The molecule has 0 spiro atoms. The summed E-state index contributed by atoms with van der Waals surface area (Å²) in [5.74, 6) is -2.79. The van der Waals surface area contributed by atoms with Crippen LogP contribution in [0.1, 0.15) is 40.7 Å². The van der Waals surface area contributed by atoms with E-state index in [9.17, 15) is 19.5 Å². The minimum atomic E-state index is -0.905. The smallest absolute Gasteiger partial charge is 0.341 e. The molecule has 2 aromatic rings. The van der Waals surface area contributed by atoms with E-state index in [1.165, 1.54) is 18.4 Å². The van der Waals surface area contributed by atoms with Gasteiger partial charge in [-0.1, -0.05) is 18.2 Å². The maximum Gasteiger partial charge on any atom is 0.341 e. The lowest BCUT2D eigenvalue weighted by molar-refractivity contribution is -0.148. The number of ether oxygens (including phenoxy) is 1. The highest BCUT2D eigenvalue weighted by molar-refractivity contribution is 7.15. The molecule has 7 heteroatoms. The van der Waals surface area contributed by atoms with E-state index >= 15 is 0 Å². The Bertz CT molecular complexity index is 1030. The number of esters is 1. The van der Waals surface area contributed by atoms with E-state index in [1.54, 1.807) is 0 Å². The first-order valence-corrected chi connectivity index (χ1v) is 11.0.